The molecule has 0 saturated carbocycles. The smallest absolute Gasteiger partial charge is 0.0736 e. The van der Waals surface area contributed by atoms with Gasteiger partial charge in [-0.15, -0.1) is 0 Å². The molecule has 4 nitrogen and oxygen atoms in total. The molecule has 0 aliphatic rings. The largest absolute Gasteiger partial charge is 0.396 e. The summed E-state index contributed by atoms with van der Waals surface area (Å²) in [7, 11) is 0. The Bertz CT molecular complexity index is 276. The first-order valence-electron chi connectivity index (χ1n) is 4.81. The molecule has 0 spiro atoms. The summed E-state index contributed by atoms with van der Waals surface area (Å²) in [6, 6.07) is 1.84. The Labute approximate surface area is 84.2 Å². The van der Waals surface area contributed by atoms with Gasteiger partial charge in [-0.1, -0.05) is 0 Å². The Morgan fingerprint density at radius 2 is 2.43 bits per heavy atom. The minimum absolute atomic E-state index is 0.230. The van der Waals surface area contributed by atoms with E-state index in [0.29, 0.717) is 5.69 Å². The number of nitrogen functional groups attached to an aromatic ring is 1. The number of pyridine rings is 1. The van der Waals surface area contributed by atoms with Gasteiger partial charge < -0.3 is 16.2 Å². The second-order valence-corrected chi connectivity index (χ2v) is 3.38. The van der Waals surface area contributed by atoms with Crippen molar-refractivity contribution in [3.05, 3.63) is 18.5 Å². The summed E-state index contributed by atoms with van der Waals surface area (Å²) >= 11 is 0. The first-order valence-corrected chi connectivity index (χ1v) is 4.81. The molecule has 0 saturated heterocycles. The minimum atomic E-state index is -0.230. The third-order valence-electron chi connectivity index (χ3n) is 1.97. The van der Waals surface area contributed by atoms with Gasteiger partial charge >= 0.3 is 0 Å². The zero-order chi connectivity index (χ0) is 10.4. The maximum Gasteiger partial charge on any atom is 0.0736 e. The zero-order valence-corrected chi connectivity index (χ0v) is 8.40. The van der Waals surface area contributed by atoms with Crippen molar-refractivity contribution in [3.8, 4) is 0 Å². The van der Waals surface area contributed by atoms with Crippen molar-refractivity contribution in [3.63, 3.8) is 0 Å². The van der Waals surface area contributed by atoms with E-state index >= 15 is 0 Å². The molecule has 1 aromatic heterocycles. The van der Waals surface area contributed by atoms with Crippen molar-refractivity contribution in [2.24, 2.45) is 0 Å². The first kappa shape index (κ1) is 10.8. The third kappa shape index (κ3) is 3.62. The molecule has 1 atom stereocenters. The molecule has 0 radical (unpaired) electrons. The molecule has 0 aliphatic carbocycles. The van der Waals surface area contributed by atoms with Gasteiger partial charge in [0.25, 0.3) is 0 Å². The summed E-state index contributed by atoms with van der Waals surface area (Å²) in [5.41, 5.74) is 7.25. The summed E-state index contributed by atoms with van der Waals surface area (Å²) in [6.45, 7) is 2.61. The van der Waals surface area contributed by atoms with Crippen molar-refractivity contribution in [1.82, 2.24) is 4.98 Å². The van der Waals surface area contributed by atoms with Crippen LogP contribution in [-0.4, -0.2) is 22.7 Å². The molecule has 78 valence electrons. The highest BCUT2D eigenvalue weighted by atomic mass is 16.3. The van der Waals surface area contributed by atoms with Crippen LogP contribution in [-0.2, 0) is 0 Å². The van der Waals surface area contributed by atoms with E-state index < -0.39 is 0 Å². The van der Waals surface area contributed by atoms with Crippen LogP contribution in [0.15, 0.2) is 18.5 Å². The Kier molecular flexibility index (Phi) is 4.19. The van der Waals surface area contributed by atoms with E-state index in [-0.39, 0.29) is 6.10 Å². The highest BCUT2D eigenvalue weighted by molar-refractivity contribution is 5.63. The second-order valence-electron chi connectivity index (χ2n) is 3.38. The van der Waals surface area contributed by atoms with Crippen LogP contribution in [0.1, 0.15) is 19.8 Å². The van der Waals surface area contributed by atoms with Crippen LogP contribution in [0, 0.1) is 0 Å². The predicted octanol–water partition coefficient (Wildman–Crippen LogP) is 1.24. The van der Waals surface area contributed by atoms with Gasteiger partial charge in [-0.2, -0.15) is 0 Å². The predicted molar refractivity (Wildman–Crippen MR) is 58.1 cm³/mol. The van der Waals surface area contributed by atoms with Crippen LogP contribution in [0.2, 0.25) is 0 Å². The lowest BCUT2D eigenvalue weighted by molar-refractivity contribution is 0.183. The lowest BCUT2D eigenvalue weighted by atomic mass is 10.2. The van der Waals surface area contributed by atoms with Crippen molar-refractivity contribution in [1.29, 1.82) is 0 Å². The average molecular weight is 195 g/mol. The highest BCUT2D eigenvalue weighted by Crippen LogP contribution is 2.14. The SMILES string of the molecule is CC(O)CCCNc1ccncc1N. The fourth-order valence-electron chi connectivity index (χ4n) is 1.19. The maximum atomic E-state index is 9.04. The fraction of sp³-hybridized carbons (Fsp3) is 0.500. The second kappa shape index (κ2) is 5.44. The quantitative estimate of drug-likeness (QED) is 0.618. The van der Waals surface area contributed by atoms with E-state index in [1.807, 2.05) is 6.07 Å². The van der Waals surface area contributed by atoms with E-state index in [2.05, 4.69) is 10.3 Å². The van der Waals surface area contributed by atoms with Crippen molar-refractivity contribution in [2.45, 2.75) is 25.9 Å². The summed E-state index contributed by atoms with van der Waals surface area (Å²) in [4.78, 5) is 3.90. The number of hydrogen-bond donors (Lipinski definition) is 3. The Hall–Kier alpha value is -1.29. The number of nitrogens with one attached hydrogen (secondary N) is 1. The summed E-state index contributed by atoms with van der Waals surface area (Å²) in [5.74, 6) is 0. The van der Waals surface area contributed by atoms with E-state index in [1.54, 1.807) is 19.3 Å². The van der Waals surface area contributed by atoms with Crippen LogP contribution < -0.4 is 11.1 Å². The molecule has 0 bridgehead atoms. The highest BCUT2D eigenvalue weighted by Gasteiger charge is 1.98. The van der Waals surface area contributed by atoms with Crippen LogP contribution >= 0.6 is 0 Å². The Morgan fingerprint density at radius 3 is 3.07 bits per heavy atom. The lowest BCUT2D eigenvalue weighted by Gasteiger charge is -2.08. The molecule has 0 fully saturated rings. The number of aliphatic hydroxyl groups excluding tert-OH is 1. The average Bonchev–Trinajstić information content (AvgIpc) is 2.15. The first-order chi connectivity index (χ1) is 6.70. The summed E-state index contributed by atoms with van der Waals surface area (Å²) in [5, 5.41) is 12.2. The molecule has 0 amide bonds. The Balaban J connectivity index is 2.28. The molecule has 0 aromatic carbocycles. The third-order valence-corrected chi connectivity index (χ3v) is 1.97. The van der Waals surface area contributed by atoms with E-state index in [0.717, 1.165) is 25.1 Å². The molecule has 4 N–H and O–H groups in total. The zero-order valence-electron chi connectivity index (χ0n) is 8.40. The van der Waals surface area contributed by atoms with Gasteiger partial charge in [-0.3, -0.25) is 4.98 Å². The number of aromatic nitrogens is 1. The molecular weight excluding hydrogens is 178 g/mol. The molecule has 1 unspecified atom stereocenters. The number of anilines is 2. The number of nitrogens with two attached hydrogens (primary N) is 1. The van der Waals surface area contributed by atoms with E-state index in [1.165, 1.54) is 0 Å². The fourth-order valence-corrected chi connectivity index (χ4v) is 1.19. The summed E-state index contributed by atoms with van der Waals surface area (Å²) in [6.07, 6.45) is 4.83. The molecule has 1 aromatic rings. The topological polar surface area (TPSA) is 71.2 Å². The summed E-state index contributed by atoms with van der Waals surface area (Å²) < 4.78 is 0. The van der Waals surface area contributed by atoms with Gasteiger partial charge in [-0.05, 0) is 25.8 Å². The number of aliphatic hydroxyl groups is 1. The molecule has 14 heavy (non-hydrogen) atoms. The molecule has 0 aliphatic heterocycles. The van der Waals surface area contributed by atoms with Crippen molar-refractivity contribution in [2.75, 3.05) is 17.6 Å². The molecule has 1 rings (SSSR count). The van der Waals surface area contributed by atoms with Gasteiger partial charge in [0.15, 0.2) is 0 Å². The standard InChI is InChI=1S/C10H17N3O/c1-8(14)3-2-5-13-10-4-6-12-7-9(10)11/h4,6-8,14H,2-3,5,11H2,1H3,(H,12,13). The van der Waals surface area contributed by atoms with Crippen molar-refractivity contribution < 1.29 is 5.11 Å². The van der Waals surface area contributed by atoms with E-state index in [4.69, 9.17) is 10.8 Å². The Morgan fingerprint density at radius 1 is 1.64 bits per heavy atom. The number of rotatable bonds is 5. The van der Waals surface area contributed by atoms with Crippen LogP contribution in [0.3, 0.4) is 0 Å². The van der Waals surface area contributed by atoms with Crippen LogP contribution in [0.25, 0.3) is 0 Å². The van der Waals surface area contributed by atoms with Gasteiger partial charge in [0, 0.05) is 12.7 Å². The monoisotopic (exact) mass is 195 g/mol. The number of nitrogens with zero attached hydrogens (tertiary/aromatic N) is 1. The van der Waals surface area contributed by atoms with Gasteiger partial charge in [-0.25, -0.2) is 0 Å². The maximum absolute atomic E-state index is 9.04. The van der Waals surface area contributed by atoms with Gasteiger partial charge in [0.2, 0.25) is 0 Å². The normalized spacial score (nSPS) is 12.4. The number of hydrogen-bond acceptors (Lipinski definition) is 4. The van der Waals surface area contributed by atoms with Crippen LogP contribution in [0.4, 0.5) is 11.4 Å². The molecule has 4 heteroatoms. The minimum Gasteiger partial charge on any atom is -0.396 e. The van der Waals surface area contributed by atoms with Crippen molar-refractivity contribution >= 4 is 11.4 Å². The van der Waals surface area contributed by atoms with Crippen LogP contribution in [0.5, 0.6) is 0 Å². The van der Waals surface area contributed by atoms with E-state index in [9.17, 15) is 0 Å². The van der Waals surface area contributed by atoms with Gasteiger partial charge in [0.05, 0.1) is 23.7 Å². The molecule has 1 heterocycles. The van der Waals surface area contributed by atoms with Gasteiger partial charge in [0.1, 0.15) is 0 Å². The molecular formula is C10H17N3O. The lowest BCUT2D eigenvalue weighted by Crippen LogP contribution is -2.07.